The molecule has 0 saturated carbocycles. The molecule has 0 saturated heterocycles. The third-order valence-electron chi connectivity index (χ3n) is 1.08. The molecule has 80 valence electrons. The van der Waals surface area contributed by atoms with Gasteiger partial charge in [-0.15, -0.1) is 0 Å². The van der Waals surface area contributed by atoms with Crippen molar-refractivity contribution in [2.75, 3.05) is 24.3 Å². The van der Waals surface area contributed by atoms with Crippen molar-refractivity contribution in [3.8, 4) is 0 Å². The Balaban J connectivity index is 0. The van der Waals surface area contributed by atoms with E-state index in [9.17, 15) is 4.79 Å². The van der Waals surface area contributed by atoms with Crippen LogP contribution in [0.2, 0.25) is 0 Å². The Hall–Kier alpha value is 0.0900. The van der Waals surface area contributed by atoms with E-state index in [1.807, 2.05) is 6.26 Å². The van der Waals surface area contributed by atoms with Gasteiger partial charge in [-0.05, 0) is 18.4 Å². The van der Waals surface area contributed by atoms with Crippen molar-refractivity contribution in [2.45, 2.75) is 12.5 Å². The lowest BCUT2D eigenvalue weighted by molar-refractivity contribution is -0.138. The van der Waals surface area contributed by atoms with Crippen molar-refractivity contribution in [3.05, 3.63) is 0 Å². The molecule has 1 atom stereocenters. The monoisotopic (exact) mass is 226 g/mol. The molecule has 0 aromatic heterocycles. The minimum Gasteiger partial charge on any atom is -0.480 e. The van der Waals surface area contributed by atoms with E-state index in [4.69, 9.17) is 16.6 Å². The highest BCUT2D eigenvalue weighted by Gasteiger charge is 2.08. The molecule has 0 aromatic carbocycles. The maximum Gasteiger partial charge on any atom is 0.320 e. The van der Waals surface area contributed by atoms with Crippen LogP contribution in [0.1, 0.15) is 6.42 Å². The fourth-order valence-corrected chi connectivity index (χ4v) is 0.858. The van der Waals surface area contributed by atoms with E-state index >= 15 is 0 Å². The average molecular weight is 226 g/mol. The largest absolute Gasteiger partial charge is 0.480 e. The normalized spacial score (nSPS) is 11.4. The highest BCUT2D eigenvalue weighted by Crippen LogP contribution is 1.97. The lowest BCUT2D eigenvalue weighted by atomic mass is 10.2. The molecule has 6 heteroatoms. The highest BCUT2D eigenvalue weighted by molar-refractivity contribution is 7.98. The average Bonchev–Trinajstić information content (AvgIpc) is 2.14. The lowest BCUT2D eigenvalue weighted by Gasteiger charge is -2.02. The molecule has 0 aliphatic heterocycles. The summed E-state index contributed by atoms with van der Waals surface area (Å²) in [5.41, 5.74) is 10.1. The molecule has 0 aliphatic carbocycles. The van der Waals surface area contributed by atoms with Crippen molar-refractivity contribution in [2.24, 2.45) is 11.5 Å². The number of carbonyl (C=O) groups is 1. The van der Waals surface area contributed by atoms with Gasteiger partial charge in [0.25, 0.3) is 0 Å². The van der Waals surface area contributed by atoms with E-state index in [-0.39, 0.29) is 0 Å². The number of nitrogens with two attached hydrogens (primary N) is 2. The Morgan fingerprint density at radius 3 is 2.38 bits per heavy atom. The van der Waals surface area contributed by atoms with Crippen LogP contribution >= 0.6 is 24.4 Å². The number of carboxylic acid groups (broad SMARTS) is 1. The second-order valence-corrected chi connectivity index (χ2v) is 3.67. The van der Waals surface area contributed by atoms with Crippen LogP contribution in [-0.2, 0) is 4.79 Å². The molecule has 0 radical (unpaired) electrons. The van der Waals surface area contributed by atoms with Crippen LogP contribution in [0.3, 0.4) is 0 Å². The fourth-order valence-electron chi connectivity index (χ4n) is 0.368. The number of thiol groups is 1. The van der Waals surface area contributed by atoms with E-state index < -0.39 is 12.0 Å². The molecule has 4 nitrogen and oxygen atoms in total. The Morgan fingerprint density at radius 1 is 1.69 bits per heavy atom. The molecule has 0 bridgehead atoms. The van der Waals surface area contributed by atoms with Gasteiger partial charge in [0.05, 0.1) is 0 Å². The SMILES string of the molecule is CSCCC(N)C(=O)O.NCCS. The fraction of sp³-hybridized carbons (Fsp3) is 0.857. The first-order valence-corrected chi connectivity index (χ1v) is 5.91. The first-order chi connectivity index (χ1) is 6.09. The summed E-state index contributed by atoms with van der Waals surface area (Å²) in [5.74, 6) is 0.692. The summed E-state index contributed by atoms with van der Waals surface area (Å²) in [6, 6.07) is -0.683. The van der Waals surface area contributed by atoms with Gasteiger partial charge in [-0.2, -0.15) is 24.4 Å². The topological polar surface area (TPSA) is 89.3 Å². The third-order valence-corrected chi connectivity index (χ3v) is 1.98. The predicted molar refractivity (Wildman–Crippen MR) is 61.5 cm³/mol. The van der Waals surface area contributed by atoms with Crippen LogP contribution in [0, 0.1) is 0 Å². The number of hydrogen-bond donors (Lipinski definition) is 4. The van der Waals surface area contributed by atoms with E-state index in [0.717, 1.165) is 11.5 Å². The molecule has 0 spiro atoms. The van der Waals surface area contributed by atoms with Crippen LogP contribution in [0.4, 0.5) is 0 Å². The minimum absolute atomic E-state index is 0.552. The van der Waals surface area contributed by atoms with Gasteiger partial charge in [0.1, 0.15) is 6.04 Å². The zero-order chi connectivity index (χ0) is 10.7. The summed E-state index contributed by atoms with van der Waals surface area (Å²) in [5, 5.41) is 8.27. The number of hydrogen-bond acceptors (Lipinski definition) is 5. The van der Waals surface area contributed by atoms with Crippen molar-refractivity contribution in [3.63, 3.8) is 0 Å². The van der Waals surface area contributed by atoms with E-state index in [2.05, 4.69) is 12.6 Å². The summed E-state index contributed by atoms with van der Waals surface area (Å²) in [4.78, 5) is 10.1. The molecular weight excluding hydrogens is 208 g/mol. The van der Waals surface area contributed by atoms with Crippen molar-refractivity contribution >= 4 is 30.4 Å². The quantitative estimate of drug-likeness (QED) is 0.497. The van der Waals surface area contributed by atoms with Gasteiger partial charge in [-0.3, -0.25) is 4.79 Å². The second kappa shape index (κ2) is 12.1. The molecule has 0 fully saturated rings. The number of carboxylic acids is 1. The molecule has 1 unspecified atom stereocenters. The summed E-state index contributed by atoms with van der Waals surface area (Å²) in [6.45, 7) is 0.684. The second-order valence-electron chi connectivity index (χ2n) is 2.24. The lowest BCUT2D eigenvalue weighted by Crippen LogP contribution is -2.30. The Labute approximate surface area is 88.8 Å². The van der Waals surface area contributed by atoms with Crippen LogP contribution < -0.4 is 11.5 Å². The standard InChI is InChI=1S/C5H11NO2S.C2H7NS/c1-9-3-2-4(6)5(7)8;3-1-2-4/h4H,2-3,6H2,1H3,(H,7,8);4H,1-3H2. The summed E-state index contributed by atoms with van der Waals surface area (Å²) in [7, 11) is 0. The smallest absolute Gasteiger partial charge is 0.320 e. The molecule has 0 aliphatic rings. The predicted octanol–water partition coefficient (Wildman–Crippen LogP) is 0.0263. The van der Waals surface area contributed by atoms with Crippen LogP contribution in [0.25, 0.3) is 0 Å². The number of thioether (sulfide) groups is 1. The zero-order valence-corrected chi connectivity index (χ0v) is 9.48. The minimum atomic E-state index is -0.913. The number of rotatable bonds is 5. The molecule has 0 aromatic rings. The van der Waals surface area contributed by atoms with E-state index in [1.54, 1.807) is 11.8 Å². The van der Waals surface area contributed by atoms with Gasteiger partial charge in [0.15, 0.2) is 0 Å². The molecule has 13 heavy (non-hydrogen) atoms. The van der Waals surface area contributed by atoms with Crippen molar-refractivity contribution in [1.29, 1.82) is 0 Å². The maximum absolute atomic E-state index is 10.1. The Kier molecular flexibility index (Phi) is 14.5. The van der Waals surface area contributed by atoms with Crippen molar-refractivity contribution in [1.82, 2.24) is 0 Å². The van der Waals surface area contributed by atoms with Crippen molar-refractivity contribution < 1.29 is 9.90 Å². The van der Waals surface area contributed by atoms with Gasteiger partial charge in [0, 0.05) is 12.3 Å². The highest BCUT2D eigenvalue weighted by atomic mass is 32.2. The van der Waals surface area contributed by atoms with Crippen LogP contribution in [0.15, 0.2) is 0 Å². The summed E-state index contributed by atoms with van der Waals surface area (Å²) < 4.78 is 0. The van der Waals surface area contributed by atoms with Gasteiger partial charge in [0.2, 0.25) is 0 Å². The van der Waals surface area contributed by atoms with Crippen LogP contribution in [0.5, 0.6) is 0 Å². The maximum atomic E-state index is 10.1. The summed E-state index contributed by atoms with van der Waals surface area (Å²) in [6.07, 6.45) is 2.48. The Bertz CT molecular complexity index is 123. The first-order valence-electron chi connectivity index (χ1n) is 3.88. The molecule has 5 N–H and O–H groups in total. The molecular formula is C7H18N2O2S2. The molecule has 0 amide bonds. The number of aliphatic carboxylic acids is 1. The third kappa shape index (κ3) is 14.9. The molecule has 0 heterocycles. The first kappa shape index (κ1) is 15.6. The van der Waals surface area contributed by atoms with Gasteiger partial charge < -0.3 is 16.6 Å². The van der Waals surface area contributed by atoms with E-state index in [0.29, 0.717) is 13.0 Å². The van der Waals surface area contributed by atoms with Gasteiger partial charge in [-0.1, -0.05) is 0 Å². The Morgan fingerprint density at radius 2 is 2.15 bits per heavy atom. The van der Waals surface area contributed by atoms with E-state index in [1.165, 1.54) is 0 Å². The van der Waals surface area contributed by atoms with Gasteiger partial charge in [-0.25, -0.2) is 0 Å². The zero-order valence-electron chi connectivity index (χ0n) is 7.77. The van der Waals surface area contributed by atoms with Gasteiger partial charge >= 0.3 is 5.97 Å². The molecule has 0 rings (SSSR count). The van der Waals surface area contributed by atoms with Crippen LogP contribution in [-0.4, -0.2) is 41.4 Å². The summed E-state index contributed by atoms with van der Waals surface area (Å²) >= 11 is 5.40.